The van der Waals surface area contributed by atoms with Gasteiger partial charge in [-0.05, 0) is 31.5 Å². The maximum atomic E-state index is 12.1. The Morgan fingerprint density at radius 3 is 2.57 bits per heavy atom. The van der Waals surface area contributed by atoms with Gasteiger partial charge in [0.25, 0.3) is 0 Å². The van der Waals surface area contributed by atoms with E-state index in [-0.39, 0.29) is 24.5 Å². The molecule has 1 amide bonds. The fraction of sp³-hybridized carbons (Fsp3) is 0.235. The summed E-state index contributed by atoms with van der Waals surface area (Å²) in [5.74, 6) is -0.170. The highest BCUT2D eigenvalue weighted by Crippen LogP contribution is 2.12. The number of nitrogens with one attached hydrogen (secondary N) is 1. The summed E-state index contributed by atoms with van der Waals surface area (Å²) in [5.41, 5.74) is 3.16. The van der Waals surface area contributed by atoms with Crippen LogP contribution in [0.1, 0.15) is 34.5 Å². The lowest BCUT2D eigenvalue weighted by Gasteiger charge is -2.06. The number of carbonyl (C=O) groups is 2. The van der Waals surface area contributed by atoms with Gasteiger partial charge in [0.05, 0.1) is 0 Å². The molecular weight excluding hydrogens is 264 g/mol. The second-order valence-electron chi connectivity index (χ2n) is 4.97. The van der Waals surface area contributed by atoms with Crippen molar-refractivity contribution in [1.82, 2.24) is 4.98 Å². The Morgan fingerprint density at radius 2 is 1.86 bits per heavy atom. The Hall–Kier alpha value is -2.49. The monoisotopic (exact) mass is 282 g/mol. The third-order valence-electron chi connectivity index (χ3n) is 3.21. The van der Waals surface area contributed by atoms with Crippen molar-refractivity contribution in [3.05, 3.63) is 59.4 Å². The van der Waals surface area contributed by atoms with Crippen molar-refractivity contribution in [2.24, 2.45) is 0 Å². The quantitative estimate of drug-likeness (QED) is 0.856. The summed E-state index contributed by atoms with van der Waals surface area (Å²) in [4.78, 5) is 28.0. The van der Waals surface area contributed by atoms with E-state index in [1.165, 1.54) is 0 Å². The third-order valence-corrected chi connectivity index (χ3v) is 3.21. The maximum absolute atomic E-state index is 12.1. The average Bonchev–Trinajstić information content (AvgIpc) is 2.45. The van der Waals surface area contributed by atoms with E-state index >= 15 is 0 Å². The number of ketones is 1. The SMILES string of the molecule is Cc1cc(NC(=O)CCC(=O)c2ccccc2C)ccn1. The van der Waals surface area contributed by atoms with Crippen LogP contribution < -0.4 is 5.32 Å². The van der Waals surface area contributed by atoms with E-state index in [1.54, 1.807) is 24.4 Å². The molecule has 2 aromatic rings. The maximum Gasteiger partial charge on any atom is 0.224 e. The molecule has 0 aliphatic carbocycles. The van der Waals surface area contributed by atoms with Crippen LogP contribution in [0.3, 0.4) is 0 Å². The number of hydrogen-bond acceptors (Lipinski definition) is 3. The Morgan fingerprint density at radius 1 is 1.10 bits per heavy atom. The Kier molecular flexibility index (Phi) is 4.82. The topological polar surface area (TPSA) is 59.1 Å². The first-order chi connectivity index (χ1) is 10.1. The zero-order chi connectivity index (χ0) is 15.2. The minimum Gasteiger partial charge on any atom is -0.326 e. The number of nitrogens with zero attached hydrogens (tertiary/aromatic N) is 1. The van der Waals surface area contributed by atoms with E-state index in [4.69, 9.17) is 0 Å². The summed E-state index contributed by atoms with van der Waals surface area (Å²) < 4.78 is 0. The molecular formula is C17H18N2O2. The summed E-state index contributed by atoms with van der Waals surface area (Å²) >= 11 is 0. The summed E-state index contributed by atoms with van der Waals surface area (Å²) in [5, 5.41) is 2.77. The van der Waals surface area contributed by atoms with Gasteiger partial charge in [0, 0.05) is 36.0 Å². The molecule has 2 rings (SSSR count). The minimum absolute atomic E-state index is 0.00541. The van der Waals surface area contributed by atoms with Gasteiger partial charge in [0.1, 0.15) is 0 Å². The molecule has 1 aromatic carbocycles. The minimum atomic E-state index is -0.164. The Bertz CT molecular complexity index is 665. The number of amides is 1. The molecule has 0 saturated heterocycles. The van der Waals surface area contributed by atoms with Crippen LogP contribution in [-0.2, 0) is 4.79 Å². The van der Waals surface area contributed by atoms with Crippen LogP contribution in [0.5, 0.6) is 0 Å². The van der Waals surface area contributed by atoms with E-state index in [9.17, 15) is 9.59 Å². The van der Waals surface area contributed by atoms with Crippen molar-refractivity contribution in [1.29, 1.82) is 0 Å². The molecule has 1 aromatic heterocycles. The molecule has 0 aliphatic rings. The molecule has 0 bridgehead atoms. The highest BCUT2D eigenvalue weighted by Gasteiger charge is 2.11. The van der Waals surface area contributed by atoms with Crippen LogP contribution in [0.15, 0.2) is 42.6 Å². The fourth-order valence-corrected chi connectivity index (χ4v) is 2.09. The van der Waals surface area contributed by atoms with Gasteiger partial charge in [-0.25, -0.2) is 0 Å². The van der Waals surface area contributed by atoms with Crippen molar-refractivity contribution in [2.45, 2.75) is 26.7 Å². The highest BCUT2D eigenvalue weighted by atomic mass is 16.2. The van der Waals surface area contributed by atoms with Gasteiger partial charge in [0.15, 0.2) is 5.78 Å². The molecule has 0 saturated carbocycles. The predicted molar refractivity (Wildman–Crippen MR) is 82.3 cm³/mol. The van der Waals surface area contributed by atoms with E-state index in [1.807, 2.05) is 32.0 Å². The summed E-state index contributed by atoms with van der Waals surface area (Å²) in [6, 6.07) is 10.9. The normalized spacial score (nSPS) is 10.2. The van der Waals surface area contributed by atoms with Crippen molar-refractivity contribution < 1.29 is 9.59 Å². The van der Waals surface area contributed by atoms with Crippen molar-refractivity contribution in [3.63, 3.8) is 0 Å². The predicted octanol–water partition coefficient (Wildman–Crippen LogP) is 3.30. The molecule has 4 heteroatoms. The van der Waals surface area contributed by atoms with Gasteiger partial charge in [0.2, 0.25) is 5.91 Å². The van der Waals surface area contributed by atoms with Gasteiger partial charge in [-0.2, -0.15) is 0 Å². The molecule has 0 atom stereocenters. The van der Waals surface area contributed by atoms with E-state index < -0.39 is 0 Å². The number of Topliss-reactive ketones (excluding diaryl/α,β-unsaturated/α-hetero) is 1. The molecule has 21 heavy (non-hydrogen) atoms. The number of anilines is 1. The Labute approximate surface area is 124 Å². The zero-order valence-electron chi connectivity index (χ0n) is 12.2. The zero-order valence-corrected chi connectivity index (χ0v) is 12.2. The van der Waals surface area contributed by atoms with Crippen molar-refractivity contribution in [3.8, 4) is 0 Å². The molecule has 0 fully saturated rings. The van der Waals surface area contributed by atoms with Crippen LogP contribution in [0.2, 0.25) is 0 Å². The first-order valence-electron chi connectivity index (χ1n) is 6.87. The molecule has 0 spiro atoms. The van der Waals surface area contributed by atoms with E-state index in [2.05, 4.69) is 10.3 Å². The molecule has 1 heterocycles. The number of rotatable bonds is 5. The summed E-state index contributed by atoms with van der Waals surface area (Å²) in [7, 11) is 0. The number of pyridine rings is 1. The molecule has 0 radical (unpaired) electrons. The summed E-state index contributed by atoms with van der Waals surface area (Å²) in [6.45, 7) is 3.75. The van der Waals surface area contributed by atoms with Crippen molar-refractivity contribution >= 4 is 17.4 Å². The Balaban J connectivity index is 1.90. The first-order valence-corrected chi connectivity index (χ1v) is 6.87. The largest absolute Gasteiger partial charge is 0.326 e. The van der Waals surface area contributed by atoms with Gasteiger partial charge >= 0.3 is 0 Å². The smallest absolute Gasteiger partial charge is 0.224 e. The first kappa shape index (κ1) is 14.9. The highest BCUT2D eigenvalue weighted by molar-refractivity contribution is 6.00. The third kappa shape index (κ3) is 4.24. The van der Waals surface area contributed by atoms with E-state index in [0.717, 1.165) is 11.3 Å². The van der Waals surface area contributed by atoms with E-state index in [0.29, 0.717) is 11.3 Å². The molecule has 0 aliphatic heterocycles. The van der Waals surface area contributed by atoms with Crippen LogP contribution in [0, 0.1) is 13.8 Å². The lowest BCUT2D eigenvalue weighted by molar-refractivity contribution is -0.116. The second kappa shape index (κ2) is 6.79. The number of aryl methyl sites for hydroxylation is 2. The number of carbonyl (C=O) groups excluding carboxylic acids is 2. The number of aromatic nitrogens is 1. The molecule has 4 nitrogen and oxygen atoms in total. The van der Waals surface area contributed by atoms with Gasteiger partial charge in [-0.15, -0.1) is 0 Å². The summed E-state index contributed by atoms with van der Waals surface area (Å²) in [6.07, 6.45) is 2.03. The van der Waals surface area contributed by atoms with Crippen LogP contribution in [-0.4, -0.2) is 16.7 Å². The second-order valence-corrected chi connectivity index (χ2v) is 4.97. The van der Waals surface area contributed by atoms with Gasteiger partial charge in [-0.1, -0.05) is 24.3 Å². The van der Waals surface area contributed by atoms with Gasteiger partial charge < -0.3 is 5.32 Å². The number of benzene rings is 1. The van der Waals surface area contributed by atoms with Crippen molar-refractivity contribution in [2.75, 3.05) is 5.32 Å². The molecule has 0 unspecified atom stereocenters. The number of hydrogen-bond donors (Lipinski definition) is 1. The van der Waals surface area contributed by atoms with Crippen LogP contribution in [0.4, 0.5) is 5.69 Å². The van der Waals surface area contributed by atoms with Crippen LogP contribution >= 0.6 is 0 Å². The average molecular weight is 282 g/mol. The molecule has 1 N–H and O–H groups in total. The van der Waals surface area contributed by atoms with Crippen LogP contribution in [0.25, 0.3) is 0 Å². The lowest BCUT2D eigenvalue weighted by Crippen LogP contribution is -2.14. The van der Waals surface area contributed by atoms with Gasteiger partial charge in [-0.3, -0.25) is 14.6 Å². The lowest BCUT2D eigenvalue weighted by atomic mass is 10.0. The molecule has 108 valence electrons. The standard InChI is InChI=1S/C17H18N2O2/c1-12-5-3-4-6-15(12)16(20)7-8-17(21)19-14-9-10-18-13(2)11-14/h3-6,9-11H,7-8H2,1-2H3,(H,18,19,21). The fourth-order valence-electron chi connectivity index (χ4n) is 2.09.